The first kappa shape index (κ1) is 15.5. The van der Waals surface area contributed by atoms with Crippen LogP contribution in [0.15, 0.2) is 31.4 Å². The summed E-state index contributed by atoms with van der Waals surface area (Å²) in [6.45, 7) is 10.4. The second-order valence-corrected chi connectivity index (χ2v) is 6.06. The molecular formula is C18H22N4O. The highest BCUT2D eigenvalue weighted by atomic mass is 16.2. The van der Waals surface area contributed by atoms with Crippen LogP contribution in [0.4, 0.5) is 0 Å². The van der Waals surface area contributed by atoms with Crippen LogP contribution in [0.5, 0.6) is 0 Å². The van der Waals surface area contributed by atoms with E-state index in [9.17, 15) is 4.79 Å². The molecule has 0 N–H and O–H groups in total. The average Bonchev–Trinajstić information content (AvgIpc) is 3.33. The number of rotatable bonds is 6. The van der Waals surface area contributed by atoms with E-state index < -0.39 is 0 Å². The lowest BCUT2D eigenvalue weighted by molar-refractivity contribution is 0.0792. The molecule has 5 nitrogen and oxygen atoms in total. The predicted octanol–water partition coefficient (Wildman–Crippen LogP) is 2.97. The van der Waals surface area contributed by atoms with E-state index >= 15 is 0 Å². The third kappa shape index (κ3) is 2.79. The Morgan fingerprint density at radius 3 is 2.61 bits per heavy atom. The highest BCUT2D eigenvalue weighted by molar-refractivity contribution is 6.06. The lowest BCUT2D eigenvalue weighted by Gasteiger charge is -2.20. The van der Waals surface area contributed by atoms with E-state index in [2.05, 4.69) is 18.3 Å². The van der Waals surface area contributed by atoms with Crippen molar-refractivity contribution in [1.29, 1.82) is 0 Å². The van der Waals surface area contributed by atoms with Crippen molar-refractivity contribution in [3.8, 4) is 0 Å². The van der Waals surface area contributed by atoms with Crippen molar-refractivity contribution in [1.82, 2.24) is 19.7 Å². The summed E-state index contributed by atoms with van der Waals surface area (Å²) in [5, 5.41) is 5.30. The standard InChI is InChI=1S/C18H22N4O/c1-5-9-22(10-6-2)18(23)14-11-15(13-7-8-13)19-17-16(14)12(3)20-21(17)4/h5-6,11,13H,1-2,7-10H2,3-4H3. The van der Waals surface area contributed by atoms with E-state index in [0.717, 1.165) is 35.3 Å². The smallest absolute Gasteiger partial charge is 0.255 e. The van der Waals surface area contributed by atoms with Crippen LogP contribution in [0.1, 0.15) is 40.5 Å². The number of nitrogens with zero attached hydrogens (tertiary/aromatic N) is 4. The fraction of sp³-hybridized carbons (Fsp3) is 0.389. The van der Waals surface area contributed by atoms with Gasteiger partial charge < -0.3 is 4.90 Å². The molecule has 120 valence electrons. The molecule has 23 heavy (non-hydrogen) atoms. The minimum atomic E-state index is -0.0183. The first-order chi connectivity index (χ1) is 11.1. The fourth-order valence-corrected chi connectivity index (χ4v) is 2.94. The van der Waals surface area contributed by atoms with Gasteiger partial charge in [0.15, 0.2) is 5.65 Å². The Balaban J connectivity index is 2.15. The minimum absolute atomic E-state index is 0.0183. The summed E-state index contributed by atoms with van der Waals surface area (Å²) in [6, 6.07) is 1.95. The van der Waals surface area contributed by atoms with Gasteiger partial charge in [-0.3, -0.25) is 9.48 Å². The maximum Gasteiger partial charge on any atom is 0.255 e. The van der Waals surface area contributed by atoms with Crippen molar-refractivity contribution in [3.63, 3.8) is 0 Å². The van der Waals surface area contributed by atoms with Crippen LogP contribution in [0, 0.1) is 6.92 Å². The molecule has 0 unspecified atom stereocenters. The molecule has 2 aromatic heterocycles. The number of carbonyl (C=O) groups excluding carboxylic acids is 1. The molecule has 1 amide bonds. The van der Waals surface area contributed by atoms with Gasteiger partial charge in [-0.05, 0) is 25.8 Å². The van der Waals surface area contributed by atoms with E-state index in [0.29, 0.717) is 24.6 Å². The first-order valence-electron chi connectivity index (χ1n) is 7.92. The largest absolute Gasteiger partial charge is 0.331 e. The van der Waals surface area contributed by atoms with Crippen molar-refractivity contribution < 1.29 is 4.79 Å². The summed E-state index contributed by atoms with van der Waals surface area (Å²) in [6.07, 6.45) is 5.76. The molecule has 0 aliphatic heterocycles. The van der Waals surface area contributed by atoms with Gasteiger partial charge in [0.05, 0.1) is 16.6 Å². The summed E-state index contributed by atoms with van der Waals surface area (Å²) in [5.74, 6) is 0.462. The summed E-state index contributed by atoms with van der Waals surface area (Å²) < 4.78 is 1.76. The molecule has 0 bridgehead atoms. The maximum absolute atomic E-state index is 13.1. The van der Waals surface area contributed by atoms with Crippen molar-refractivity contribution in [2.45, 2.75) is 25.7 Å². The maximum atomic E-state index is 13.1. The molecule has 3 rings (SSSR count). The van der Waals surface area contributed by atoms with Gasteiger partial charge in [-0.1, -0.05) is 12.2 Å². The highest BCUT2D eigenvalue weighted by Gasteiger charge is 2.29. The zero-order chi connectivity index (χ0) is 16.6. The van der Waals surface area contributed by atoms with Crippen LogP contribution in [-0.2, 0) is 7.05 Å². The van der Waals surface area contributed by atoms with Crippen LogP contribution >= 0.6 is 0 Å². The molecule has 0 aromatic carbocycles. The number of carbonyl (C=O) groups is 1. The number of amides is 1. The van der Waals surface area contributed by atoms with E-state index in [-0.39, 0.29) is 5.91 Å². The van der Waals surface area contributed by atoms with E-state index in [4.69, 9.17) is 4.98 Å². The molecule has 0 spiro atoms. The molecule has 2 heterocycles. The number of aryl methyl sites for hydroxylation is 2. The lowest BCUT2D eigenvalue weighted by atomic mass is 10.1. The van der Waals surface area contributed by atoms with Gasteiger partial charge in [-0.15, -0.1) is 13.2 Å². The Morgan fingerprint density at radius 1 is 1.39 bits per heavy atom. The van der Waals surface area contributed by atoms with Crippen LogP contribution < -0.4 is 0 Å². The molecular weight excluding hydrogens is 288 g/mol. The van der Waals surface area contributed by atoms with E-state index in [1.165, 1.54) is 0 Å². The van der Waals surface area contributed by atoms with Gasteiger partial charge in [0.1, 0.15) is 0 Å². The topological polar surface area (TPSA) is 51.0 Å². The number of fused-ring (bicyclic) bond motifs is 1. The minimum Gasteiger partial charge on any atom is -0.331 e. The number of hydrogen-bond donors (Lipinski definition) is 0. The van der Waals surface area contributed by atoms with Crippen molar-refractivity contribution >= 4 is 16.9 Å². The Kier molecular flexibility index (Phi) is 4.03. The number of hydrogen-bond acceptors (Lipinski definition) is 3. The van der Waals surface area contributed by atoms with Crippen LogP contribution in [0.2, 0.25) is 0 Å². The van der Waals surface area contributed by atoms with Gasteiger partial charge in [0.25, 0.3) is 5.91 Å². The highest BCUT2D eigenvalue weighted by Crippen LogP contribution is 2.40. The zero-order valence-corrected chi connectivity index (χ0v) is 13.7. The Hall–Kier alpha value is -2.43. The quantitative estimate of drug-likeness (QED) is 0.771. The van der Waals surface area contributed by atoms with Crippen molar-refractivity contribution in [2.75, 3.05) is 13.1 Å². The second-order valence-electron chi connectivity index (χ2n) is 6.06. The van der Waals surface area contributed by atoms with E-state index in [1.807, 2.05) is 20.0 Å². The second kappa shape index (κ2) is 5.99. The van der Waals surface area contributed by atoms with Crippen molar-refractivity contribution in [3.05, 3.63) is 48.3 Å². The van der Waals surface area contributed by atoms with E-state index in [1.54, 1.807) is 21.7 Å². The van der Waals surface area contributed by atoms with Crippen molar-refractivity contribution in [2.24, 2.45) is 7.05 Å². The molecule has 1 saturated carbocycles. The van der Waals surface area contributed by atoms with Gasteiger partial charge in [-0.25, -0.2) is 4.98 Å². The monoisotopic (exact) mass is 310 g/mol. The summed E-state index contributed by atoms with van der Waals surface area (Å²) in [5.41, 5.74) is 3.30. The third-order valence-corrected chi connectivity index (χ3v) is 4.20. The molecule has 1 aliphatic carbocycles. The average molecular weight is 310 g/mol. The number of aromatic nitrogens is 3. The molecule has 0 saturated heterocycles. The van der Waals surface area contributed by atoms with Crippen LogP contribution in [0.3, 0.4) is 0 Å². The molecule has 0 atom stereocenters. The molecule has 2 aromatic rings. The van der Waals surface area contributed by atoms with Gasteiger partial charge in [-0.2, -0.15) is 5.10 Å². The Labute approximate surface area is 136 Å². The Morgan fingerprint density at radius 2 is 2.04 bits per heavy atom. The molecule has 1 aliphatic rings. The number of pyridine rings is 1. The first-order valence-corrected chi connectivity index (χ1v) is 7.92. The Bertz CT molecular complexity index is 776. The molecule has 0 radical (unpaired) electrons. The third-order valence-electron chi connectivity index (χ3n) is 4.20. The van der Waals surface area contributed by atoms with Crippen LogP contribution in [0.25, 0.3) is 11.0 Å². The SMILES string of the molecule is C=CCN(CC=C)C(=O)c1cc(C2CC2)nc2c1c(C)nn2C. The summed E-state index contributed by atoms with van der Waals surface area (Å²) in [4.78, 5) is 19.5. The van der Waals surface area contributed by atoms with Crippen LogP contribution in [-0.4, -0.2) is 38.7 Å². The zero-order valence-electron chi connectivity index (χ0n) is 13.7. The molecule has 5 heteroatoms. The normalized spacial score (nSPS) is 14.0. The van der Waals surface area contributed by atoms with Gasteiger partial charge in [0.2, 0.25) is 0 Å². The lowest BCUT2D eigenvalue weighted by Crippen LogP contribution is -2.31. The van der Waals surface area contributed by atoms with Gasteiger partial charge in [0, 0.05) is 31.7 Å². The fourth-order valence-electron chi connectivity index (χ4n) is 2.94. The summed E-state index contributed by atoms with van der Waals surface area (Å²) in [7, 11) is 1.87. The van der Waals surface area contributed by atoms with Gasteiger partial charge >= 0.3 is 0 Å². The molecule has 1 fully saturated rings. The summed E-state index contributed by atoms with van der Waals surface area (Å²) >= 11 is 0. The predicted molar refractivity (Wildman–Crippen MR) is 91.5 cm³/mol.